The molecule has 0 saturated carbocycles. The van der Waals surface area contributed by atoms with Crippen LogP contribution >= 0.6 is 0 Å². The van der Waals surface area contributed by atoms with Crippen LogP contribution in [-0.4, -0.2) is 18.7 Å². The summed E-state index contributed by atoms with van der Waals surface area (Å²) in [7, 11) is 0. The number of aryl methyl sites for hydroxylation is 1. The Morgan fingerprint density at radius 1 is 0.327 bits per heavy atom. The third kappa shape index (κ3) is 4.18. The van der Waals surface area contributed by atoms with Gasteiger partial charge in [-0.15, -0.1) is 0 Å². The van der Waals surface area contributed by atoms with E-state index in [4.69, 9.17) is 4.98 Å². The SMILES string of the molecule is Cc1ccc2c(n1)c1cc(-n3c4ccc(-c5ccccc5)cc4c4cc(-n5c6ccccc6c6ccccc65)ccc43)ccc1n2-c1ccccc1. The van der Waals surface area contributed by atoms with Crippen LogP contribution in [0.5, 0.6) is 0 Å². The molecule has 244 valence electrons. The van der Waals surface area contributed by atoms with Gasteiger partial charge in [0.05, 0.1) is 38.6 Å². The van der Waals surface area contributed by atoms with Crippen molar-refractivity contribution < 1.29 is 0 Å². The lowest BCUT2D eigenvalue weighted by Gasteiger charge is -2.11. The van der Waals surface area contributed by atoms with Gasteiger partial charge in [-0.3, -0.25) is 4.98 Å². The van der Waals surface area contributed by atoms with Crippen LogP contribution in [0.2, 0.25) is 0 Å². The Bertz CT molecular complexity index is 3130. The van der Waals surface area contributed by atoms with E-state index in [0.29, 0.717) is 0 Å². The normalized spacial score (nSPS) is 11.9. The smallest absolute Gasteiger partial charge is 0.0967 e. The van der Waals surface area contributed by atoms with Gasteiger partial charge in [0.1, 0.15) is 0 Å². The van der Waals surface area contributed by atoms with Crippen molar-refractivity contribution >= 4 is 65.5 Å². The highest BCUT2D eigenvalue weighted by Crippen LogP contribution is 2.40. The van der Waals surface area contributed by atoms with E-state index in [1.54, 1.807) is 0 Å². The second-order valence-electron chi connectivity index (χ2n) is 13.7. The van der Waals surface area contributed by atoms with Crippen molar-refractivity contribution in [2.75, 3.05) is 0 Å². The van der Waals surface area contributed by atoms with Crippen molar-refractivity contribution in [1.82, 2.24) is 18.7 Å². The van der Waals surface area contributed by atoms with Gasteiger partial charge in [0.2, 0.25) is 0 Å². The topological polar surface area (TPSA) is 27.7 Å². The molecule has 0 radical (unpaired) electrons. The largest absolute Gasteiger partial charge is 0.309 e. The number of hydrogen-bond acceptors (Lipinski definition) is 1. The summed E-state index contributed by atoms with van der Waals surface area (Å²) in [5.41, 5.74) is 14.8. The van der Waals surface area contributed by atoms with E-state index < -0.39 is 0 Å². The number of para-hydroxylation sites is 3. The van der Waals surface area contributed by atoms with Gasteiger partial charge in [-0.1, -0.05) is 91.0 Å². The lowest BCUT2D eigenvalue weighted by atomic mass is 10.0. The maximum Gasteiger partial charge on any atom is 0.0967 e. The number of aromatic nitrogens is 4. The number of rotatable bonds is 4. The molecular formula is C48H32N4. The first-order valence-electron chi connectivity index (χ1n) is 17.8. The highest BCUT2D eigenvalue weighted by molar-refractivity contribution is 6.14. The van der Waals surface area contributed by atoms with Gasteiger partial charge in [0.15, 0.2) is 0 Å². The predicted molar refractivity (Wildman–Crippen MR) is 217 cm³/mol. The minimum absolute atomic E-state index is 1.01. The van der Waals surface area contributed by atoms with Crippen molar-refractivity contribution in [1.29, 1.82) is 0 Å². The summed E-state index contributed by atoms with van der Waals surface area (Å²) in [6.07, 6.45) is 0. The fraction of sp³-hybridized carbons (Fsp3) is 0.0208. The van der Waals surface area contributed by atoms with Gasteiger partial charge in [-0.2, -0.15) is 0 Å². The Labute approximate surface area is 300 Å². The maximum atomic E-state index is 5.10. The van der Waals surface area contributed by atoms with Crippen LogP contribution in [0.4, 0.5) is 0 Å². The summed E-state index contributed by atoms with van der Waals surface area (Å²) in [6.45, 7) is 2.07. The third-order valence-corrected chi connectivity index (χ3v) is 10.7. The minimum Gasteiger partial charge on any atom is -0.309 e. The number of nitrogens with zero attached hydrogens (tertiary/aromatic N) is 4. The molecule has 4 heterocycles. The lowest BCUT2D eigenvalue weighted by Crippen LogP contribution is -1.96. The van der Waals surface area contributed by atoms with E-state index in [-0.39, 0.29) is 0 Å². The van der Waals surface area contributed by atoms with E-state index in [9.17, 15) is 0 Å². The molecular weight excluding hydrogens is 633 g/mol. The summed E-state index contributed by atoms with van der Waals surface area (Å²) in [6, 6.07) is 63.7. The van der Waals surface area contributed by atoms with Crippen LogP contribution in [0.3, 0.4) is 0 Å². The Morgan fingerprint density at radius 3 is 1.48 bits per heavy atom. The molecule has 0 spiro atoms. The van der Waals surface area contributed by atoms with Crippen LogP contribution in [0.25, 0.3) is 93.7 Å². The Hall–Kier alpha value is -6.91. The molecule has 0 amide bonds. The van der Waals surface area contributed by atoms with Gasteiger partial charge in [-0.25, -0.2) is 0 Å². The second-order valence-corrected chi connectivity index (χ2v) is 13.7. The molecule has 0 unspecified atom stereocenters. The van der Waals surface area contributed by atoms with Crippen molar-refractivity contribution in [3.8, 4) is 28.2 Å². The zero-order valence-electron chi connectivity index (χ0n) is 28.5. The highest BCUT2D eigenvalue weighted by atomic mass is 15.0. The molecule has 0 aliphatic heterocycles. The Balaban J connectivity index is 1.20. The zero-order chi connectivity index (χ0) is 34.3. The van der Waals surface area contributed by atoms with E-state index in [1.807, 2.05) is 0 Å². The van der Waals surface area contributed by atoms with Crippen molar-refractivity contribution in [2.24, 2.45) is 0 Å². The first-order valence-corrected chi connectivity index (χ1v) is 17.8. The quantitative estimate of drug-likeness (QED) is 0.184. The first kappa shape index (κ1) is 28.9. The van der Waals surface area contributed by atoms with Crippen LogP contribution in [-0.2, 0) is 0 Å². The van der Waals surface area contributed by atoms with Crippen LogP contribution in [0, 0.1) is 6.92 Å². The molecule has 0 aliphatic carbocycles. The standard InChI is InChI=1S/C48H32N4/c1-31-20-24-47-48(49-31)41-30-36(23-27-46(41)50(47)34-14-6-3-7-15-34)52-44-25-21-33(32-12-4-2-5-13-32)28-39(44)40-29-35(22-26-45(40)52)51-42-18-10-8-16-37(42)38-17-9-11-19-43(38)51/h2-30H,1H3. The fourth-order valence-corrected chi connectivity index (χ4v) is 8.40. The van der Waals surface area contributed by atoms with E-state index in [1.165, 1.54) is 54.7 Å². The minimum atomic E-state index is 1.01. The lowest BCUT2D eigenvalue weighted by molar-refractivity contribution is 1.16. The summed E-state index contributed by atoms with van der Waals surface area (Å²) in [5.74, 6) is 0. The van der Waals surface area contributed by atoms with Gasteiger partial charge in [0, 0.05) is 49.7 Å². The highest BCUT2D eigenvalue weighted by Gasteiger charge is 2.19. The maximum absolute atomic E-state index is 5.10. The van der Waals surface area contributed by atoms with Crippen molar-refractivity contribution in [2.45, 2.75) is 6.92 Å². The molecule has 4 heteroatoms. The molecule has 7 aromatic carbocycles. The predicted octanol–water partition coefficient (Wildman–Crippen LogP) is 12.3. The molecule has 0 atom stereocenters. The summed E-state index contributed by atoms with van der Waals surface area (Å²) in [5, 5.41) is 6.10. The number of fused-ring (bicyclic) bond motifs is 9. The van der Waals surface area contributed by atoms with Crippen molar-refractivity contribution in [3.05, 3.63) is 182 Å². The first-order chi connectivity index (χ1) is 25.7. The van der Waals surface area contributed by atoms with Gasteiger partial charge < -0.3 is 13.7 Å². The molecule has 0 fully saturated rings. The van der Waals surface area contributed by atoms with Crippen LogP contribution in [0.1, 0.15) is 5.69 Å². The number of hydrogen-bond donors (Lipinski definition) is 0. The van der Waals surface area contributed by atoms with Crippen LogP contribution < -0.4 is 0 Å². The average Bonchev–Trinajstić information content (AvgIpc) is 3.83. The molecule has 11 aromatic rings. The molecule has 52 heavy (non-hydrogen) atoms. The third-order valence-electron chi connectivity index (χ3n) is 10.7. The van der Waals surface area contributed by atoms with Gasteiger partial charge in [-0.05, 0) is 103 Å². The molecule has 4 nitrogen and oxygen atoms in total. The van der Waals surface area contributed by atoms with E-state index in [2.05, 4.69) is 197 Å². The molecule has 0 saturated heterocycles. The van der Waals surface area contributed by atoms with Gasteiger partial charge in [0.25, 0.3) is 0 Å². The van der Waals surface area contributed by atoms with E-state index >= 15 is 0 Å². The fourth-order valence-electron chi connectivity index (χ4n) is 8.40. The van der Waals surface area contributed by atoms with Crippen molar-refractivity contribution in [3.63, 3.8) is 0 Å². The molecule has 0 bridgehead atoms. The molecule has 0 N–H and O–H groups in total. The molecule has 11 rings (SSSR count). The average molecular weight is 665 g/mol. The number of benzene rings is 7. The van der Waals surface area contributed by atoms with E-state index in [0.717, 1.165) is 44.7 Å². The van der Waals surface area contributed by atoms with Crippen LogP contribution in [0.15, 0.2) is 176 Å². The second kappa shape index (κ2) is 11.0. The summed E-state index contributed by atoms with van der Waals surface area (Å²) in [4.78, 5) is 5.10. The molecule has 4 aromatic heterocycles. The zero-order valence-corrected chi connectivity index (χ0v) is 28.5. The number of pyridine rings is 1. The summed E-state index contributed by atoms with van der Waals surface area (Å²) >= 11 is 0. The monoisotopic (exact) mass is 664 g/mol. The Morgan fingerprint density at radius 2 is 0.808 bits per heavy atom. The van der Waals surface area contributed by atoms with Gasteiger partial charge >= 0.3 is 0 Å². The summed E-state index contributed by atoms with van der Waals surface area (Å²) < 4.78 is 7.17. The molecule has 0 aliphatic rings. The Kier molecular flexibility index (Phi) is 6.13.